The minimum atomic E-state index is -0.0348. The van der Waals surface area contributed by atoms with E-state index in [1.54, 1.807) is 17.4 Å². The molecule has 4 heteroatoms. The van der Waals surface area contributed by atoms with Crippen LogP contribution in [-0.4, -0.2) is 5.91 Å². The number of hydrogen-bond acceptors (Lipinski definition) is 2. The van der Waals surface area contributed by atoms with Gasteiger partial charge in [0.25, 0.3) is 5.91 Å². The molecule has 0 unspecified atom stereocenters. The van der Waals surface area contributed by atoms with Gasteiger partial charge in [-0.25, -0.2) is 0 Å². The molecule has 0 radical (unpaired) electrons. The highest BCUT2D eigenvalue weighted by Crippen LogP contribution is 2.34. The van der Waals surface area contributed by atoms with Crippen LogP contribution in [0.4, 0.5) is 5.69 Å². The molecule has 0 fully saturated rings. The van der Waals surface area contributed by atoms with Gasteiger partial charge in [-0.3, -0.25) is 4.79 Å². The number of benzene rings is 1. The Balaban J connectivity index is 1.75. The monoisotopic (exact) mass is 333 g/mol. The van der Waals surface area contributed by atoms with Gasteiger partial charge < -0.3 is 5.32 Å². The first-order valence-electron chi connectivity index (χ1n) is 7.76. The number of carbonyl (C=O) groups excluding carboxylic acids is 1. The molecule has 2 aromatic rings. The summed E-state index contributed by atoms with van der Waals surface area (Å²) in [7, 11) is 0. The fraction of sp³-hybridized carbons (Fsp3) is 0.389. The van der Waals surface area contributed by atoms with E-state index in [1.807, 2.05) is 19.1 Å². The van der Waals surface area contributed by atoms with Crippen molar-refractivity contribution in [2.24, 2.45) is 5.92 Å². The van der Waals surface area contributed by atoms with Gasteiger partial charge in [0.2, 0.25) is 0 Å². The van der Waals surface area contributed by atoms with Crippen LogP contribution in [-0.2, 0) is 12.8 Å². The average Bonchev–Trinajstić information content (AvgIpc) is 2.94. The van der Waals surface area contributed by atoms with Crippen molar-refractivity contribution in [2.75, 3.05) is 5.32 Å². The van der Waals surface area contributed by atoms with Crippen LogP contribution in [0.1, 0.15) is 45.4 Å². The Morgan fingerprint density at radius 2 is 2.23 bits per heavy atom. The van der Waals surface area contributed by atoms with E-state index in [-0.39, 0.29) is 5.91 Å². The Hall–Kier alpha value is -1.32. The zero-order valence-corrected chi connectivity index (χ0v) is 14.5. The molecule has 22 heavy (non-hydrogen) atoms. The molecular formula is C18H20ClNOS. The Morgan fingerprint density at radius 1 is 1.41 bits per heavy atom. The van der Waals surface area contributed by atoms with Gasteiger partial charge in [0.05, 0.1) is 4.88 Å². The van der Waals surface area contributed by atoms with Crippen molar-refractivity contribution in [1.29, 1.82) is 0 Å². The van der Waals surface area contributed by atoms with Gasteiger partial charge in [-0.1, -0.05) is 31.0 Å². The maximum absolute atomic E-state index is 12.4. The topological polar surface area (TPSA) is 29.1 Å². The molecule has 1 heterocycles. The lowest BCUT2D eigenvalue weighted by Gasteiger charge is -2.19. The fourth-order valence-corrected chi connectivity index (χ4v) is 4.21. The van der Waals surface area contributed by atoms with Crippen molar-refractivity contribution in [3.05, 3.63) is 50.2 Å². The molecule has 0 saturated heterocycles. The lowest BCUT2D eigenvalue weighted by atomic mass is 9.87. The van der Waals surface area contributed by atoms with Crippen molar-refractivity contribution in [3.8, 4) is 0 Å². The lowest BCUT2D eigenvalue weighted by Crippen LogP contribution is -2.11. The van der Waals surface area contributed by atoms with Crippen molar-refractivity contribution in [1.82, 2.24) is 0 Å². The minimum absolute atomic E-state index is 0.0348. The van der Waals surface area contributed by atoms with Crippen LogP contribution >= 0.6 is 22.9 Å². The highest BCUT2D eigenvalue weighted by molar-refractivity contribution is 7.14. The molecule has 1 atom stereocenters. The third-order valence-corrected chi connectivity index (χ3v) is 6.06. The number of aryl methyl sites for hydroxylation is 2. The van der Waals surface area contributed by atoms with Crippen LogP contribution in [0, 0.1) is 12.8 Å². The summed E-state index contributed by atoms with van der Waals surface area (Å²) in [5.41, 5.74) is 3.13. The molecule has 1 aromatic heterocycles. The lowest BCUT2D eigenvalue weighted by molar-refractivity contribution is 0.103. The number of rotatable bonds is 3. The maximum Gasteiger partial charge on any atom is 0.265 e. The molecule has 0 saturated carbocycles. The van der Waals surface area contributed by atoms with Gasteiger partial charge in [-0.15, -0.1) is 11.3 Å². The second-order valence-corrected chi connectivity index (χ2v) is 7.54. The third-order valence-electron chi connectivity index (χ3n) is 4.42. The molecule has 116 valence electrons. The molecule has 1 aliphatic carbocycles. The van der Waals surface area contributed by atoms with Crippen LogP contribution in [0.5, 0.6) is 0 Å². The van der Waals surface area contributed by atoms with Crippen molar-refractivity contribution < 1.29 is 4.79 Å². The SMILES string of the molecule is CC[C@H]1CCc2sc(C(=O)Nc3ccc(C)c(Cl)c3)cc2C1. The first-order chi connectivity index (χ1) is 10.6. The van der Waals surface area contributed by atoms with Gasteiger partial charge in [0.15, 0.2) is 0 Å². The summed E-state index contributed by atoms with van der Waals surface area (Å²) in [4.78, 5) is 14.6. The van der Waals surface area contributed by atoms with Gasteiger partial charge in [0.1, 0.15) is 0 Å². The first-order valence-corrected chi connectivity index (χ1v) is 8.95. The van der Waals surface area contributed by atoms with E-state index in [4.69, 9.17) is 11.6 Å². The summed E-state index contributed by atoms with van der Waals surface area (Å²) in [5.74, 6) is 0.737. The molecule has 1 aromatic carbocycles. The molecule has 2 nitrogen and oxygen atoms in total. The third kappa shape index (κ3) is 3.21. The normalized spacial score (nSPS) is 17.1. The molecular weight excluding hydrogens is 314 g/mol. The van der Waals surface area contributed by atoms with Gasteiger partial charge >= 0.3 is 0 Å². The van der Waals surface area contributed by atoms with E-state index in [9.17, 15) is 4.79 Å². The van der Waals surface area contributed by atoms with E-state index >= 15 is 0 Å². The summed E-state index contributed by atoms with van der Waals surface area (Å²) in [5, 5.41) is 3.62. The molecule has 1 N–H and O–H groups in total. The zero-order chi connectivity index (χ0) is 15.7. The number of amides is 1. The molecule has 1 aliphatic rings. The second kappa shape index (κ2) is 6.43. The first kappa shape index (κ1) is 15.6. The van der Waals surface area contributed by atoms with Crippen molar-refractivity contribution in [2.45, 2.75) is 39.5 Å². The van der Waals surface area contributed by atoms with Crippen LogP contribution in [0.25, 0.3) is 0 Å². The Morgan fingerprint density at radius 3 is 2.95 bits per heavy atom. The van der Waals surface area contributed by atoms with E-state index in [2.05, 4.69) is 18.3 Å². The van der Waals surface area contributed by atoms with Gasteiger partial charge in [-0.2, -0.15) is 0 Å². The van der Waals surface area contributed by atoms with Crippen LogP contribution in [0.2, 0.25) is 5.02 Å². The Labute approximate surface area is 140 Å². The number of thiophene rings is 1. The summed E-state index contributed by atoms with van der Waals surface area (Å²) in [6, 6.07) is 7.69. The van der Waals surface area contributed by atoms with Gasteiger partial charge in [-0.05, 0) is 61.4 Å². The summed E-state index contributed by atoms with van der Waals surface area (Å²) < 4.78 is 0. The average molecular weight is 334 g/mol. The van der Waals surface area contributed by atoms with Crippen molar-refractivity contribution >= 4 is 34.5 Å². The predicted molar refractivity (Wildman–Crippen MR) is 94.3 cm³/mol. The van der Waals surface area contributed by atoms with E-state index in [0.717, 1.165) is 34.9 Å². The Bertz CT molecular complexity index is 707. The zero-order valence-electron chi connectivity index (χ0n) is 12.9. The van der Waals surface area contributed by atoms with Crippen LogP contribution in [0.15, 0.2) is 24.3 Å². The minimum Gasteiger partial charge on any atom is -0.321 e. The molecule has 1 amide bonds. The van der Waals surface area contributed by atoms with E-state index < -0.39 is 0 Å². The van der Waals surface area contributed by atoms with E-state index in [1.165, 1.54) is 23.3 Å². The smallest absolute Gasteiger partial charge is 0.265 e. The number of fused-ring (bicyclic) bond motifs is 1. The molecule has 3 rings (SSSR count). The highest BCUT2D eigenvalue weighted by atomic mass is 35.5. The standard InChI is InChI=1S/C18H20ClNOS/c1-3-12-5-7-16-13(8-12)9-17(22-16)18(21)20-14-6-4-11(2)15(19)10-14/h4,6,9-10,12H,3,5,7-8H2,1-2H3,(H,20,21)/t12-/m0/s1. The quantitative estimate of drug-likeness (QED) is 0.792. The predicted octanol–water partition coefficient (Wildman–Crippen LogP) is 5.48. The van der Waals surface area contributed by atoms with E-state index in [0.29, 0.717) is 5.02 Å². The van der Waals surface area contributed by atoms with Crippen LogP contribution in [0.3, 0.4) is 0 Å². The number of carbonyl (C=O) groups is 1. The number of hydrogen-bond donors (Lipinski definition) is 1. The van der Waals surface area contributed by atoms with Gasteiger partial charge in [0, 0.05) is 15.6 Å². The summed E-state index contributed by atoms with van der Waals surface area (Å²) >= 11 is 7.75. The highest BCUT2D eigenvalue weighted by Gasteiger charge is 2.22. The van der Waals surface area contributed by atoms with Crippen LogP contribution < -0.4 is 5.32 Å². The van der Waals surface area contributed by atoms with Crippen molar-refractivity contribution in [3.63, 3.8) is 0 Å². The molecule has 0 bridgehead atoms. The molecule has 0 spiro atoms. The largest absolute Gasteiger partial charge is 0.321 e. The Kier molecular flexibility index (Phi) is 4.55. The maximum atomic E-state index is 12.4. The number of nitrogens with one attached hydrogen (secondary N) is 1. The number of halogens is 1. The number of anilines is 1. The summed E-state index contributed by atoms with van der Waals surface area (Å²) in [6.07, 6.45) is 4.70. The fourth-order valence-electron chi connectivity index (χ4n) is 2.92. The second-order valence-electron chi connectivity index (χ2n) is 5.99. The molecule has 0 aliphatic heterocycles. The summed E-state index contributed by atoms with van der Waals surface area (Å²) in [6.45, 7) is 4.20.